The predicted molar refractivity (Wildman–Crippen MR) is 62.1 cm³/mol. The van der Waals surface area contributed by atoms with Crippen LogP contribution in [0.15, 0.2) is 42.5 Å². The van der Waals surface area contributed by atoms with E-state index in [0.29, 0.717) is 13.2 Å². The van der Waals surface area contributed by atoms with Crippen molar-refractivity contribution in [3.05, 3.63) is 48.0 Å². The number of hydrogen-bond donors (Lipinski definition) is 1. The van der Waals surface area contributed by atoms with E-state index in [1.165, 1.54) is 0 Å². The van der Waals surface area contributed by atoms with Crippen LogP contribution in [0.5, 0.6) is 0 Å². The Kier molecular flexibility index (Phi) is 5.96. The van der Waals surface area contributed by atoms with E-state index < -0.39 is 5.97 Å². The van der Waals surface area contributed by atoms with Gasteiger partial charge in [-0.3, -0.25) is 0 Å². The molecule has 0 fully saturated rings. The summed E-state index contributed by atoms with van der Waals surface area (Å²) in [7, 11) is 0. The summed E-state index contributed by atoms with van der Waals surface area (Å²) in [5.41, 5.74) is 1.16. The third-order valence-corrected chi connectivity index (χ3v) is 2.03. The van der Waals surface area contributed by atoms with Gasteiger partial charge in [0.1, 0.15) is 0 Å². The predicted octanol–water partition coefficient (Wildman–Crippen LogP) is 2.62. The number of unbranched alkanes of at least 4 members (excludes halogenated alkanes) is 1. The summed E-state index contributed by atoms with van der Waals surface area (Å²) in [6, 6.07) is 9.97. The van der Waals surface area contributed by atoms with E-state index in [4.69, 9.17) is 9.84 Å². The molecule has 1 aromatic rings. The van der Waals surface area contributed by atoms with E-state index in [1.807, 2.05) is 30.3 Å². The van der Waals surface area contributed by atoms with E-state index >= 15 is 0 Å². The number of hydrogen-bond acceptors (Lipinski definition) is 2. The second kappa shape index (κ2) is 7.65. The van der Waals surface area contributed by atoms with Gasteiger partial charge in [0.05, 0.1) is 6.61 Å². The summed E-state index contributed by atoms with van der Waals surface area (Å²) in [6.07, 6.45) is 4.39. The van der Waals surface area contributed by atoms with Crippen LogP contribution in [-0.4, -0.2) is 17.7 Å². The van der Waals surface area contributed by atoms with Gasteiger partial charge in [-0.15, -0.1) is 0 Å². The number of carbonyl (C=O) groups is 1. The van der Waals surface area contributed by atoms with E-state index in [1.54, 1.807) is 6.08 Å². The molecule has 0 saturated heterocycles. The molecule has 0 amide bonds. The van der Waals surface area contributed by atoms with Crippen LogP contribution in [-0.2, 0) is 16.1 Å². The van der Waals surface area contributed by atoms with Crippen molar-refractivity contribution in [3.8, 4) is 0 Å². The third-order valence-electron chi connectivity index (χ3n) is 2.03. The van der Waals surface area contributed by atoms with Gasteiger partial charge in [-0.1, -0.05) is 36.4 Å². The molecular weight excluding hydrogens is 204 g/mol. The molecule has 1 aromatic carbocycles. The smallest absolute Gasteiger partial charge is 0.327 e. The van der Waals surface area contributed by atoms with Crippen molar-refractivity contribution >= 4 is 5.97 Å². The Balaban J connectivity index is 2.02. The minimum atomic E-state index is -0.898. The van der Waals surface area contributed by atoms with Crippen molar-refractivity contribution in [1.29, 1.82) is 0 Å². The highest BCUT2D eigenvalue weighted by atomic mass is 16.5. The van der Waals surface area contributed by atoms with E-state index in [0.717, 1.165) is 24.5 Å². The SMILES string of the molecule is O=C(O)C=CCCCOCc1ccccc1. The van der Waals surface area contributed by atoms with Crippen LogP contribution in [0.4, 0.5) is 0 Å². The van der Waals surface area contributed by atoms with Crippen LogP contribution in [0.3, 0.4) is 0 Å². The van der Waals surface area contributed by atoms with Crippen molar-refractivity contribution in [2.45, 2.75) is 19.4 Å². The summed E-state index contributed by atoms with van der Waals surface area (Å²) < 4.78 is 5.45. The van der Waals surface area contributed by atoms with Crippen LogP contribution < -0.4 is 0 Å². The monoisotopic (exact) mass is 220 g/mol. The summed E-state index contributed by atoms with van der Waals surface area (Å²) in [4.78, 5) is 10.2. The van der Waals surface area contributed by atoms with E-state index in [-0.39, 0.29) is 0 Å². The van der Waals surface area contributed by atoms with Crippen LogP contribution in [0.1, 0.15) is 18.4 Å². The molecule has 0 radical (unpaired) electrons. The fraction of sp³-hybridized carbons (Fsp3) is 0.308. The molecule has 0 heterocycles. The minimum Gasteiger partial charge on any atom is -0.478 e. The van der Waals surface area contributed by atoms with Crippen LogP contribution in [0.2, 0.25) is 0 Å². The van der Waals surface area contributed by atoms with E-state index in [2.05, 4.69) is 0 Å². The van der Waals surface area contributed by atoms with E-state index in [9.17, 15) is 4.79 Å². The minimum absolute atomic E-state index is 0.615. The first-order chi connectivity index (χ1) is 7.79. The van der Waals surface area contributed by atoms with Crippen molar-refractivity contribution in [3.63, 3.8) is 0 Å². The molecule has 1 rings (SSSR count). The van der Waals surface area contributed by atoms with Gasteiger partial charge in [-0.05, 0) is 18.4 Å². The molecule has 0 atom stereocenters. The maximum atomic E-state index is 10.2. The zero-order valence-electron chi connectivity index (χ0n) is 9.13. The van der Waals surface area contributed by atoms with Crippen LogP contribution in [0, 0.1) is 0 Å². The Labute approximate surface area is 95.4 Å². The quantitative estimate of drug-likeness (QED) is 0.567. The number of carboxylic acid groups (broad SMARTS) is 1. The molecule has 0 spiro atoms. The molecule has 86 valence electrons. The molecule has 1 N–H and O–H groups in total. The third kappa shape index (κ3) is 5.98. The Hall–Kier alpha value is -1.61. The summed E-state index contributed by atoms with van der Waals surface area (Å²) in [5, 5.41) is 8.35. The number of aliphatic carboxylic acids is 1. The maximum Gasteiger partial charge on any atom is 0.327 e. The normalized spacial score (nSPS) is 10.8. The van der Waals surface area contributed by atoms with Gasteiger partial charge in [0, 0.05) is 12.7 Å². The molecule has 3 heteroatoms. The maximum absolute atomic E-state index is 10.2. The molecule has 0 unspecified atom stereocenters. The largest absolute Gasteiger partial charge is 0.478 e. The standard InChI is InChI=1S/C13H16O3/c14-13(15)9-5-2-6-10-16-11-12-7-3-1-4-8-12/h1,3-5,7-9H,2,6,10-11H2,(H,14,15). The van der Waals surface area contributed by atoms with Crippen molar-refractivity contribution in [2.75, 3.05) is 6.61 Å². The Morgan fingerprint density at radius 3 is 2.75 bits per heavy atom. The van der Waals surface area contributed by atoms with Gasteiger partial charge in [0.15, 0.2) is 0 Å². The first-order valence-electron chi connectivity index (χ1n) is 5.30. The highest BCUT2D eigenvalue weighted by Crippen LogP contribution is 2.01. The number of allylic oxidation sites excluding steroid dienone is 1. The second-order valence-corrected chi connectivity index (χ2v) is 3.42. The number of rotatable bonds is 7. The molecule has 0 aromatic heterocycles. The molecule has 0 aliphatic heterocycles. The molecule has 0 aliphatic rings. The molecule has 0 aliphatic carbocycles. The number of benzene rings is 1. The highest BCUT2D eigenvalue weighted by molar-refractivity contribution is 5.79. The fourth-order valence-corrected chi connectivity index (χ4v) is 1.25. The Bertz CT molecular complexity index is 330. The molecule has 16 heavy (non-hydrogen) atoms. The fourth-order valence-electron chi connectivity index (χ4n) is 1.25. The average molecular weight is 220 g/mol. The van der Waals surface area contributed by atoms with Crippen LogP contribution >= 0.6 is 0 Å². The summed E-state index contributed by atoms with van der Waals surface area (Å²) in [5.74, 6) is -0.898. The first kappa shape index (κ1) is 12.5. The zero-order chi connectivity index (χ0) is 11.6. The lowest BCUT2D eigenvalue weighted by Crippen LogP contribution is -1.95. The lowest BCUT2D eigenvalue weighted by Gasteiger charge is -2.02. The highest BCUT2D eigenvalue weighted by Gasteiger charge is 1.91. The van der Waals surface area contributed by atoms with Crippen LogP contribution in [0.25, 0.3) is 0 Å². The Morgan fingerprint density at radius 1 is 1.31 bits per heavy atom. The van der Waals surface area contributed by atoms with Gasteiger partial charge < -0.3 is 9.84 Å². The summed E-state index contributed by atoms with van der Waals surface area (Å²) >= 11 is 0. The first-order valence-corrected chi connectivity index (χ1v) is 5.30. The van der Waals surface area contributed by atoms with Crippen molar-refractivity contribution in [1.82, 2.24) is 0 Å². The lowest BCUT2D eigenvalue weighted by atomic mass is 10.2. The summed E-state index contributed by atoms with van der Waals surface area (Å²) in [6.45, 7) is 1.27. The van der Waals surface area contributed by atoms with Gasteiger partial charge in [0.25, 0.3) is 0 Å². The van der Waals surface area contributed by atoms with Gasteiger partial charge in [0.2, 0.25) is 0 Å². The number of carboxylic acids is 1. The van der Waals surface area contributed by atoms with Gasteiger partial charge in [-0.25, -0.2) is 4.79 Å². The zero-order valence-corrected chi connectivity index (χ0v) is 9.13. The van der Waals surface area contributed by atoms with Crippen molar-refractivity contribution < 1.29 is 14.6 Å². The average Bonchev–Trinajstić information content (AvgIpc) is 2.29. The van der Waals surface area contributed by atoms with Crippen molar-refractivity contribution in [2.24, 2.45) is 0 Å². The second-order valence-electron chi connectivity index (χ2n) is 3.42. The molecular formula is C13H16O3. The lowest BCUT2D eigenvalue weighted by molar-refractivity contribution is -0.131. The molecule has 0 bridgehead atoms. The molecule has 0 saturated carbocycles. The topological polar surface area (TPSA) is 46.5 Å². The van der Waals surface area contributed by atoms with Gasteiger partial charge >= 0.3 is 5.97 Å². The van der Waals surface area contributed by atoms with Gasteiger partial charge in [-0.2, -0.15) is 0 Å². The molecule has 3 nitrogen and oxygen atoms in total. The number of ether oxygens (including phenoxy) is 1. The Morgan fingerprint density at radius 2 is 2.06 bits per heavy atom.